The maximum Gasteiger partial charge on any atom is 0.118 e. The van der Waals surface area contributed by atoms with Gasteiger partial charge in [0.25, 0.3) is 0 Å². The lowest BCUT2D eigenvalue weighted by Crippen LogP contribution is -1.97. The summed E-state index contributed by atoms with van der Waals surface area (Å²) in [7, 11) is 2.86. The van der Waals surface area contributed by atoms with Crippen LogP contribution in [0.2, 0.25) is 0 Å². The zero-order chi connectivity index (χ0) is 22.9. The van der Waals surface area contributed by atoms with Gasteiger partial charge in [-0.25, -0.2) is 0 Å². The molecule has 0 N–H and O–H groups in total. The highest BCUT2D eigenvalue weighted by atomic mass is 31.1. The van der Waals surface area contributed by atoms with E-state index in [9.17, 15) is 0 Å². The molecular formula is C28H43O3P. The van der Waals surface area contributed by atoms with Gasteiger partial charge in [0.15, 0.2) is 0 Å². The molecule has 0 atom stereocenters. The summed E-state index contributed by atoms with van der Waals surface area (Å²) in [6, 6.07) is 16.8. The van der Waals surface area contributed by atoms with Crippen molar-refractivity contribution < 1.29 is 14.0 Å². The van der Waals surface area contributed by atoms with Gasteiger partial charge >= 0.3 is 0 Å². The quantitative estimate of drug-likeness (QED) is 0.165. The van der Waals surface area contributed by atoms with Crippen molar-refractivity contribution in [3.8, 4) is 11.5 Å². The Labute approximate surface area is 197 Å². The van der Waals surface area contributed by atoms with Crippen molar-refractivity contribution in [1.29, 1.82) is 0 Å². The summed E-state index contributed by atoms with van der Waals surface area (Å²) in [5.74, 6) is 1.80. The molecule has 0 saturated heterocycles. The molecule has 0 aromatic heterocycles. The van der Waals surface area contributed by atoms with Crippen molar-refractivity contribution in [3.63, 3.8) is 0 Å². The second-order valence-electron chi connectivity index (χ2n) is 8.51. The van der Waals surface area contributed by atoms with Crippen molar-refractivity contribution in [2.24, 2.45) is 0 Å². The largest absolute Gasteiger partial charge is 0.497 e. The number of methoxy groups -OCH3 is 2. The molecule has 32 heavy (non-hydrogen) atoms. The van der Waals surface area contributed by atoms with Gasteiger partial charge in [0.2, 0.25) is 0 Å². The smallest absolute Gasteiger partial charge is 0.118 e. The van der Waals surface area contributed by atoms with E-state index in [-0.39, 0.29) is 0 Å². The number of unbranched alkanes of at least 4 members (excludes halogenated alkanes) is 9. The molecule has 2 rings (SSSR count). The fraction of sp³-hybridized carbons (Fsp3) is 0.571. The van der Waals surface area contributed by atoms with Crippen LogP contribution in [0.25, 0.3) is 0 Å². The highest BCUT2D eigenvalue weighted by molar-refractivity contribution is 7.50. The maximum absolute atomic E-state index is 6.44. The third-order valence-corrected chi connectivity index (χ3v) is 7.79. The molecule has 0 aliphatic rings. The fourth-order valence-corrected chi connectivity index (χ4v) is 5.72. The molecule has 0 unspecified atom stereocenters. The van der Waals surface area contributed by atoms with Crippen LogP contribution in [0, 0.1) is 0 Å². The van der Waals surface area contributed by atoms with Crippen LogP contribution < -0.4 is 9.47 Å². The SMILES string of the molecule is CCCCCCCCCCCCOP(Cc1ccc(OC)cc1)Cc1ccc(OC)cc1. The third kappa shape index (κ3) is 11.3. The van der Waals surface area contributed by atoms with Crippen LogP contribution in [0.1, 0.15) is 82.3 Å². The van der Waals surface area contributed by atoms with E-state index in [1.165, 1.54) is 75.3 Å². The van der Waals surface area contributed by atoms with Crippen LogP contribution in [0.15, 0.2) is 48.5 Å². The topological polar surface area (TPSA) is 27.7 Å². The van der Waals surface area contributed by atoms with Gasteiger partial charge in [-0.1, -0.05) is 89.0 Å². The molecule has 0 amide bonds. The van der Waals surface area contributed by atoms with Crippen LogP contribution in [0.3, 0.4) is 0 Å². The van der Waals surface area contributed by atoms with Crippen molar-refractivity contribution in [1.82, 2.24) is 0 Å². The molecule has 0 aliphatic carbocycles. The lowest BCUT2D eigenvalue weighted by atomic mass is 10.1. The number of hydrogen-bond donors (Lipinski definition) is 0. The molecule has 4 heteroatoms. The summed E-state index contributed by atoms with van der Waals surface area (Å²) in [6.07, 6.45) is 15.5. The Morgan fingerprint density at radius 2 is 0.969 bits per heavy atom. The normalized spacial score (nSPS) is 11.1. The van der Waals surface area contributed by atoms with Crippen LogP contribution in [-0.4, -0.2) is 20.8 Å². The number of benzene rings is 2. The molecule has 0 bridgehead atoms. The van der Waals surface area contributed by atoms with Gasteiger partial charge in [0, 0.05) is 20.5 Å². The average molecular weight is 459 g/mol. The molecule has 0 radical (unpaired) electrons. The first-order valence-corrected chi connectivity index (χ1v) is 14.0. The standard InChI is InChI=1S/C28H43O3P/c1-4-5-6-7-8-9-10-11-12-13-22-31-32(23-25-14-18-27(29-2)19-15-25)24-26-16-20-28(30-3)21-17-26/h14-21H,4-13,22-24H2,1-3H3. The third-order valence-electron chi connectivity index (χ3n) is 5.81. The van der Waals surface area contributed by atoms with Crippen LogP contribution >= 0.6 is 8.15 Å². The van der Waals surface area contributed by atoms with Crippen molar-refractivity contribution in [2.45, 2.75) is 83.5 Å². The minimum absolute atomic E-state index is 0.559. The monoisotopic (exact) mass is 458 g/mol. The number of ether oxygens (including phenoxy) is 2. The predicted molar refractivity (Wildman–Crippen MR) is 138 cm³/mol. The van der Waals surface area contributed by atoms with E-state index in [0.29, 0.717) is 0 Å². The highest BCUT2D eigenvalue weighted by Gasteiger charge is 2.12. The first kappa shape index (κ1) is 26.7. The fourth-order valence-electron chi connectivity index (χ4n) is 3.80. The van der Waals surface area contributed by atoms with Crippen LogP contribution in [0.4, 0.5) is 0 Å². The molecule has 178 valence electrons. The summed E-state index contributed by atoms with van der Waals surface area (Å²) in [6.45, 7) is 3.15. The van der Waals surface area contributed by atoms with Gasteiger partial charge in [-0.05, 0) is 41.8 Å². The Morgan fingerprint density at radius 1 is 0.562 bits per heavy atom. The van der Waals surface area contributed by atoms with E-state index < -0.39 is 8.15 Å². The van der Waals surface area contributed by atoms with Crippen LogP contribution in [0.5, 0.6) is 11.5 Å². The molecule has 0 heterocycles. The number of hydrogen-bond acceptors (Lipinski definition) is 3. The molecule has 0 fully saturated rings. The summed E-state index contributed by atoms with van der Waals surface area (Å²) in [5, 5.41) is 0. The highest BCUT2D eigenvalue weighted by Crippen LogP contribution is 2.45. The molecule has 0 saturated carbocycles. The second-order valence-corrected chi connectivity index (χ2v) is 10.4. The van der Waals surface area contributed by atoms with E-state index in [2.05, 4.69) is 31.2 Å². The van der Waals surface area contributed by atoms with Gasteiger partial charge in [0.1, 0.15) is 11.5 Å². The minimum atomic E-state index is -0.559. The lowest BCUT2D eigenvalue weighted by molar-refractivity contribution is 0.333. The predicted octanol–water partition coefficient (Wildman–Crippen LogP) is 8.74. The molecule has 0 spiro atoms. The average Bonchev–Trinajstić information content (AvgIpc) is 2.83. The summed E-state index contributed by atoms with van der Waals surface area (Å²) >= 11 is 0. The Hall–Kier alpha value is -1.57. The van der Waals surface area contributed by atoms with E-state index in [4.69, 9.17) is 14.0 Å². The first-order valence-electron chi connectivity index (χ1n) is 12.4. The van der Waals surface area contributed by atoms with E-state index >= 15 is 0 Å². The zero-order valence-electron chi connectivity index (χ0n) is 20.5. The van der Waals surface area contributed by atoms with Gasteiger partial charge < -0.3 is 14.0 Å². The maximum atomic E-state index is 6.44. The molecule has 2 aromatic rings. The first-order chi connectivity index (χ1) is 15.7. The zero-order valence-corrected chi connectivity index (χ0v) is 21.4. The van der Waals surface area contributed by atoms with Gasteiger partial charge in [-0.15, -0.1) is 0 Å². The van der Waals surface area contributed by atoms with Gasteiger partial charge in [-0.2, -0.15) is 0 Å². The Bertz CT molecular complexity index is 650. The molecular weight excluding hydrogens is 415 g/mol. The van der Waals surface area contributed by atoms with E-state index in [1.54, 1.807) is 14.2 Å². The molecule has 0 aliphatic heterocycles. The van der Waals surface area contributed by atoms with Crippen molar-refractivity contribution in [3.05, 3.63) is 59.7 Å². The Balaban J connectivity index is 1.74. The molecule has 3 nitrogen and oxygen atoms in total. The van der Waals surface area contributed by atoms with Crippen LogP contribution in [-0.2, 0) is 16.8 Å². The second kappa shape index (κ2) is 17.0. The minimum Gasteiger partial charge on any atom is -0.497 e. The number of rotatable bonds is 18. The summed E-state index contributed by atoms with van der Waals surface area (Å²) in [5.41, 5.74) is 2.63. The summed E-state index contributed by atoms with van der Waals surface area (Å²) < 4.78 is 17.0. The van der Waals surface area contributed by atoms with Gasteiger partial charge in [0.05, 0.1) is 20.8 Å². The van der Waals surface area contributed by atoms with Crippen molar-refractivity contribution >= 4 is 8.15 Å². The lowest BCUT2D eigenvalue weighted by Gasteiger charge is -2.19. The molecule has 2 aromatic carbocycles. The summed E-state index contributed by atoms with van der Waals surface area (Å²) in [4.78, 5) is 0. The van der Waals surface area contributed by atoms with Crippen molar-refractivity contribution in [2.75, 3.05) is 20.8 Å². The van der Waals surface area contributed by atoms with E-state index in [1.807, 2.05) is 24.3 Å². The van der Waals surface area contributed by atoms with Gasteiger partial charge in [-0.3, -0.25) is 0 Å². The Kier molecular flexibility index (Phi) is 14.2. The Morgan fingerprint density at radius 3 is 1.38 bits per heavy atom. The van der Waals surface area contributed by atoms with E-state index in [0.717, 1.165) is 30.4 Å².